The van der Waals surface area contributed by atoms with Gasteiger partial charge >= 0.3 is 0 Å². The molecule has 0 saturated heterocycles. The normalized spacial score (nSPS) is 11.0. The molecule has 0 aliphatic heterocycles. The first-order chi connectivity index (χ1) is 14.6. The molecule has 5 nitrogen and oxygen atoms in total. The molecule has 0 atom stereocenters. The number of carbonyl (C=O) groups excluding carboxylic acids is 1. The first kappa shape index (κ1) is 19.8. The van der Waals surface area contributed by atoms with Crippen molar-refractivity contribution in [3.63, 3.8) is 0 Å². The highest BCUT2D eigenvalue weighted by Crippen LogP contribution is 2.21. The molecule has 1 N–H and O–H groups in total. The van der Waals surface area contributed by atoms with Gasteiger partial charge in [0, 0.05) is 31.9 Å². The summed E-state index contributed by atoms with van der Waals surface area (Å²) in [5, 5.41) is 2.97. The maximum Gasteiger partial charge on any atom is 0.252 e. The van der Waals surface area contributed by atoms with Gasteiger partial charge in [0.05, 0.1) is 16.6 Å². The Hall–Kier alpha value is -3.47. The van der Waals surface area contributed by atoms with Crippen LogP contribution in [0.1, 0.15) is 39.3 Å². The van der Waals surface area contributed by atoms with E-state index >= 15 is 0 Å². The number of carbonyl (C=O) groups is 1. The highest BCUT2D eigenvalue weighted by atomic mass is 16.1. The standard InChI is InChI=1S/C25H26N4O/c1-18-11-12-19(2)21(15-18)17-29-23-9-4-3-8-22(23)28-24(29)10-6-14-27-25(30)20-7-5-13-26-16-20/h3-5,7-9,11-13,15-16H,6,10,14,17H2,1-2H3,(H,27,30). The third kappa shape index (κ3) is 4.40. The van der Waals surface area contributed by atoms with Gasteiger partial charge < -0.3 is 9.88 Å². The molecule has 4 rings (SSSR count). The van der Waals surface area contributed by atoms with Crippen molar-refractivity contribution in [1.29, 1.82) is 0 Å². The minimum atomic E-state index is -0.0908. The van der Waals surface area contributed by atoms with E-state index in [9.17, 15) is 4.79 Å². The van der Waals surface area contributed by atoms with Crippen LogP contribution >= 0.6 is 0 Å². The molecule has 1 amide bonds. The zero-order valence-electron chi connectivity index (χ0n) is 17.4. The number of imidazole rings is 1. The summed E-state index contributed by atoms with van der Waals surface area (Å²) in [5.74, 6) is 0.958. The Morgan fingerprint density at radius 3 is 2.77 bits per heavy atom. The summed E-state index contributed by atoms with van der Waals surface area (Å²) in [4.78, 5) is 21.1. The summed E-state index contributed by atoms with van der Waals surface area (Å²) >= 11 is 0. The lowest BCUT2D eigenvalue weighted by Crippen LogP contribution is -2.25. The summed E-state index contributed by atoms with van der Waals surface area (Å²) in [6.07, 6.45) is 4.87. The van der Waals surface area contributed by atoms with Crippen LogP contribution in [0.3, 0.4) is 0 Å². The second-order valence-electron chi connectivity index (χ2n) is 7.63. The number of nitrogens with zero attached hydrogens (tertiary/aromatic N) is 3. The topological polar surface area (TPSA) is 59.8 Å². The van der Waals surface area contributed by atoms with Crippen LogP contribution in [-0.4, -0.2) is 27.0 Å². The smallest absolute Gasteiger partial charge is 0.252 e. The third-order valence-electron chi connectivity index (χ3n) is 5.35. The van der Waals surface area contributed by atoms with Gasteiger partial charge in [-0.3, -0.25) is 9.78 Å². The molecule has 0 bridgehead atoms. The maximum absolute atomic E-state index is 12.2. The Labute approximate surface area is 176 Å². The van der Waals surface area contributed by atoms with E-state index < -0.39 is 0 Å². The van der Waals surface area contributed by atoms with Gasteiger partial charge in [0.25, 0.3) is 5.91 Å². The average Bonchev–Trinajstić information content (AvgIpc) is 3.11. The number of hydrogen-bond acceptors (Lipinski definition) is 3. The Bertz CT molecular complexity index is 1160. The van der Waals surface area contributed by atoms with Crippen LogP contribution < -0.4 is 5.32 Å². The predicted octanol–water partition coefficient (Wildman–Crippen LogP) is 4.46. The van der Waals surface area contributed by atoms with E-state index in [1.54, 1.807) is 24.5 Å². The molecule has 5 heteroatoms. The first-order valence-electron chi connectivity index (χ1n) is 10.3. The molecule has 2 aromatic heterocycles. The largest absolute Gasteiger partial charge is 0.352 e. The number of amides is 1. The zero-order valence-corrected chi connectivity index (χ0v) is 17.4. The van der Waals surface area contributed by atoms with Gasteiger partial charge in [0.15, 0.2) is 0 Å². The Morgan fingerprint density at radius 1 is 1.07 bits per heavy atom. The monoisotopic (exact) mass is 398 g/mol. The number of aromatic nitrogens is 3. The molecule has 2 heterocycles. The highest BCUT2D eigenvalue weighted by molar-refractivity contribution is 5.93. The summed E-state index contributed by atoms with van der Waals surface area (Å²) in [6, 6.07) is 18.4. The SMILES string of the molecule is Cc1ccc(C)c(Cn2c(CCCNC(=O)c3cccnc3)nc3ccccc32)c1. The summed E-state index contributed by atoms with van der Waals surface area (Å²) in [6.45, 7) is 5.67. The van der Waals surface area contributed by atoms with Crippen LogP contribution in [0, 0.1) is 13.8 Å². The molecule has 4 aromatic rings. The van der Waals surface area contributed by atoms with Crippen LogP contribution in [0.2, 0.25) is 0 Å². The molecule has 152 valence electrons. The molecule has 30 heavy (non-hydrogen) atoms. The summed E-state index contributed by atoms with van der Waals surface area (Å²) < 4.78 is 2.31. The molecule has 2 aromatic carbocycles. The minimum absolute atomic E-state index is 0.0908. The molecule has 0 fully saturated rings. The van der Waals surface area contributed by atoms with Crippen molar-refractivity contribution >= 4 is 16.9 Å². The molecular weight excluding hydrogens is 372 g/mol. The van der Waals surface area contributed by atoms with Crippen LogP contribution in [0.4, 0.5) is 0 Å². The van der Waals surface area contributed by atoms with Crippen LogP contribution in [0.5, 0.6) is 0 Å². The van der Waals surface area contributed by atoms with Crippen molar-refractivity contribution in [3.8, 4) is 0 Å². The number of para-hydroxylation sites is 2. The van der Waals surface area contributed by atoms with E-state index in [0.29, 0.717) is 12.1 Å². The van der Waals surface area contributed by atoms with Gasteiger partial charge in [-0.2, -0.15) is 0 Å². The lowest BCUT2D eigenvalue weighted by atomic mass is 10.1. The fourth-order valence-electron chi connectivity index (χ4n) is 3.68. The highest BCUT2D eigenvalue weighted by Gasteiger charge is 2.12. The van der Waals surface area contributed by atoms with E-state index in [4.69, 9.17) is 4.98 Å². The summed E-state index contributed by atoms with van der Waals surface area (Å²) in [7, 11) is 0. The van der Waals surface area contributed by atoms with Gasteiger partial charge in [-0.25, -0.2) is 4.98 Å². The van der Waals surface area contributed by atoms with Gasteiger partial charge in [-0.1, -0.05) is 35.9 Å². The Kier molecular flexibility index (Phi) is 5.89. The molecule has 0 aliphatic carbocycles. The fourth-order valence-corrected chi connectivity index (χ4v) is 3.68. The van der Waals surface area contributed by atoms with Crippen molar-refractivity contribution in [2.75, 3.05) is 6.54 Å². The predicted molar refractivity (Wildman–Crippen MR) is 120 cm³/mol. The lowest BCUT2D eigenvalue weighted by Gasteiger charge is -2.13. The number of benzene rings is 2. The Morgan fingerprint density at radius 2 is 1.93 bits per heavy atom. The number of nitrogens with one attached hydrogen (secondary N) is 1. The number of fused-ring (bicyclic) bond motifs is 1. The molecule has 0 saturated carbocycles. The van der Waals surface area contributed by atoms with Crippen LogP contribution in [0.25, 0.3) is 11.0 Å². The van der Waals surface area contributed by atoms with Crippen molar-refractivity contribution in [2.45, 2.75) is 33.2 Å². The van der Waals surface area contributed by atoms with E-state index in [1.165, 1.54) is 16.7 Å². The van der Waals surface area contributed by atoms with Crippen molar-refractivity contribution in [2.24, 2.45) is 0 Å². The van der Waals surface area contributed by atoms with Crippen LogP contribution in [-0.2, 0) is 13.0 Å². The average molecular weight is 399 g/mol. The van der Waals surface area contributed by atoms with Crippen molar-refractivity contribution < 1.29 is 4.79 Å². The minimum Gasteiger partial charge on any atom is -0.352 e. The Balaban J connectivity index is 1.49. The number of rotatable bonds is 7. The van der Waals surface area contributed by atoms with E-state index in [2.05, 4.69) is 65.1 Å². The number of pyridine rings is 1. The van der Waals surface area contributed by atoms with Gasteiger partial charge in [-0.15, -0.1) is 0 Å². The fraction of sp³-hybridized carbons (Fsp3) is 0.240. The number of hydrogen-bond donors (Lipinski definition) is 1. The molecule has 0 aliphatic rings. The van der Waals surface area contributed by atoms with Crippen molar-refractivity contribution in [3.05, 3.63) is 95.1 Å². The van der Waals surface area contributed by atoms with Crippen LogP contribution in [0.15, 0.2) is 67.0 Å². The van der Waals surface area contributed by atoms with Gasteiger partial charge in [0.2, 0.25) is 0 Å². The van der Waals surface area contributed by atoms with Gasteiger partial charge in [0.1, 0.15) is 5.82 Å². The molecule has 0 radical (unpaired) electrons. The van der Waals surface area contributed by atoms with E-state index in [0.717, 1.165) is 36.2 Å². The second-order valence-corrected chi connectivity index (χ2v) is 7.63. The quantitative estimate of drug-likeness (QED) is 0.468. The third-order valence-corrected chi connectivity index (χ3v) is 5.35. The molecular formula is C25H26N4O. The molecule has 0 spiro atoms. The lowest BCUT2D eigenvalue weighted by molar-refractivity contribution is 0.0953. The van der Waals surface area contributed by atoms with E-state index in [-0.39, 0.29) is 5.91 Å². The second kappa shape index (κ2) is 8.91. The number of aryl methyl sites for hydroxylation is 3. The van der Waals surface area contributed by atoms with Gasteiger partial charge in [-0.05, 0) is 55.7 Å². The van der Waals surface area contributed by atoms with Crippen molar-refractivity contribution in [1.82, 2.24) is 19.9 Å². The maximum atomic E-state index is 12.2. The zero-order chi connectivity index (χ0) is 20.9. The molecule has 0 unspecified atom stereocenters. The van der Waals surface area contributed by atoms with E-state index in [1.807, 2.05) is 6.07 Å². The summed E-state index contributed by atoms with van der Waals surface area (Å²) in [5.41, 5.74) is 6.60. The first-order valence-corrected chi connectivity index (χ1v) is 10.3.